The number of carbonyl (C=O) groups is 2. The summed E-state index contributed by atoms with van der Waals surface area (Å²) in [6.07, 6.45) is 1.85. The molecule has 0 spiro atoms. The van der Waals surface area contributed by atoms with E-state index in [1.807, 2.05) is 59.5 Å². The molecular formula is C32H34N2O5. The molecule has 2 bridgehead atoms. The summed E-state index contributed by atoms with van der Waals surface area (Å²) in [6.45, 7) is 2.16. The van der Waals surface area contributed by atoms with Gasteiger partial charge in [-0.1, -0.05) is 78.9 Å². The standard InChI is InChI=1S/C32H34N2O5/c35-31(38-21-30-28-12-6-4-10-26(28)27-11-5-7-13-29(27)30)33-15-14-23-16-24-19-37-20-25(17-23)34(24)32(36)39-18-22-8-2-1-3-9-22/h1-13,23-25,30H,14-21H2,(H,33,35). The van der Waals surface area contributed by atoms with Gasteiger partial charge >= 0.3 is 12.2 Å². The number of hydrogen-bond donors (Lipinski definition) is 1. The minimum Gasteiger partial charge on any atom is -0.449 e. The first-order chi connectivity index (χ1) is 19.2. The zero-order valence-corrected chi connectivity index (χ0v) is 22.0. The van der Waals surface area contributed by atoms with Crippen molar-refractivity contribution in [2.75, 3.05) is 26.4 Å². The molecule has 2 heterocycles. The number of morpholine rings is 1. The van der Waals surface area contributed by atoms with Gasteiger partial charge in [0.25, 0.3) is 0 Å². The normalized spacial score (nSPS) is 21.5. The summed E-state index contributed by atoms with van der Waals surface area (Å²) in [4.78, 5) is 27.4. The SMILES string of the molecule is O=C(NCCC1CC2COCC(C1)N2C(=O)OCc1ccccc1)OCC1c2ccccc2-c2ccccc21. The fourth-order valence-corrected chi connectivity index (χ4v) is 6.38. The van der Waals surface area contributed by atoms with E-state index in [2.05, 4.69) is 29.6 Å². The van der Waals surface area contributed by atoms with Gasteiger partial charge in [0.15, 0.2) is 0 Å². The van der Waals surface area contributed by atoms with E-state index in [4.69, 9.17) is 14.2 Å². The van der Waals surface area contributed by atoms with Crippen LogP contribution in [-0.2, 0) is 20.8 Å². The predicted molar refractivity (Wildman–Crippen MR) is 147 cm³/mol. The Kier molecular flexibility index (Phi) is 7.50. The molecule has 2 saturated heterocycles. The molecule has 2 fully saturated rings. The van der Waals surface area contributed by atoms with Crippen molar-refractivity contribution in [3.05, 3.63) is 95.6 Å². The summed E-state index contributed by atoms with van der Waals surface area (Å²) in [5.41, 5.74) is 5.81. The van der Waals surface area contributed by atoms with E-state index in [0.717, 1.165) is 24.8 Å². The molecule has 0 radical (unpaired) electrons. The third-order valence-electron chi connectivity index (χ3n) is 8.20. The summed E-state index contributed by atoms with van der Waals surface area (Å²) in [7, 11) is 0. The first-order valence-corrected chi connectivity index (χ1v) is 13.8. The summed E-state index contributed by atoms with van der Waals surface area (Å²) in [5, 5.41) is 2.94. The van der Waals surface area contributed by atoms with Crippen LogP contribution in [0.1, 0.15) is 41.9 Å². The number of nitrogens with zero attached hydrogens (tertiary/aromatic N) is 1. The number of alkyl carbamates (subject to hydrolysis) is 1. The molecule has 2 aliphatic heterocycles. The van der Waals surface area contributed by atoms with Gasteiger partial charge in [-0.2, -0.15) is 0 Å². The molecule has 2 atom stereocenters. The van der Waals surface area contributed by atoms with Crippen LogP contribution in [0, 0.1) is 5.92 Å². The molecule has 1 aliphatic carbocycles. The van der Waals surface area contributed by atoms with Crippen LogP contribution < -0.4 is 5.32 Å². The number of benzene rings is 3. The van der Waals surface area contributed by atoms with Gasteiger partial charge in [0.05, 0.1) is 25.3 Å². The van der Waals surface area contributed by atoms with Crippen molar-refractivity contribution in [2.45, 2.75) is 43.9 Å². The van der Waals surface area contributed by atoms with E-state index in [-0.39, 0.29) is 36.8 Å². The second-order valence-corrected chi connectivity index (χ2v) is 10.7. The van der Waals surface area contributed by atoms with Gasteiger partial charge in [0.2, 0.25) is 0 Å². The molecular weight excluding hydrogens is 492 g/mol. The summed E-state index contributed by atoms with van der Waals surface area (Å²) in [5.74, 6) is 0.449. The number of fused-ring (bicyclic) bond motifs is 5. The Balaban J connectivity index is 0.968. The Morgan fingerprint density at radius 3 is 2.10 bits per heavy atom. The number of amides is 2. The van der Waals surface area contributed by atoms with Gasteiger partial charge in [0, 0.05) is 12.5 Å². The average Bonchev–Trinajstić information content (AvgIpc) is 3.28. The van der Waals surface area contributed by atoms with E-state index < -0.39 is 0 Å². The van der Waals surface area contributed by atoms with Crippen LogP contribution >= 0.6 is 0 Å². The molecule has 0 aromatic heterocycles. The minimum atomic E-state index is -0.387. The Morgan fingerprint density at radius 1 is 0.821 bits per heavy atom. The molecule has 7 heteroatoms. The molecule has 2 unspecified atom stereocenters. The highest BCUT2D eigenvalue weighted by atomic mass is 16.6. The van der Waals surface area contributed by atoms with Crippen LogP contribution in [0.25, 0.3) is 11.1 Å². The maximum absolute atomic E-state index is 12.9. The smallest absolute Gasteiger partial charge is 0.410 e. The number of rotatable bonds is 7. The lowest BCUT2D eigenvalue weighted by molar-refractivity contribution is -0.0800. The molecule has 202 valence electrons. The van der Waals surface area contributed by atoms with E-state index in [1.165, 1.54) is 22.3 Å². The van der Waals surface area contributed by atoms with Gasteiger partial charge in [-0.15, -0.1) is 0 Å². The van der Waals surface area contributed by atoms with Crippen molar-refractivity contribution >= 4 is 12.2 Å². The Bertz CT molecular complexity index is 1250. The highest BCUT2D eigenvalue weighted by Gasteiger charge is 2.42. The monoisotopic (exact) mass is 526 g/mol. The highest BCUT2D eigenvalue weighted by molar-refractivity contribution is 5.79. The molecule has 7 nitrogen and oxygen atoms in total. The number of nitrogens with one attached hydrogen (secondary N) is 1. The number of piperidine rings is 1. The average molecular weight is 527 g/mol. The lowest BCUT2D eigenvalue weighted by Crippen LogP contribution is -2.59. The maximum atomic E-state index is 12.9. The fourth-order valence-electron chi connectivity index (χ4n) is 6.38. The number of carbonyl (C=O) groups excluding carboxylic acids is 2. The van der Waals surface area contributed by atoms with Crippen LogP contribution in [0.15, 0.2) is 78.9 Å². The maximum Gasteiger partial charge on any atom is 0.410 e. The van der Waals surface area contributed by atoms with Crippen molar-refractivity contribution < 1.29 is 23.8 Å². The Morgan fingerprint density at radius 2 is 1.44 bits per heavy atom. The lowest BCUT2D eigenvalue weighted by Gasteiger charge is -2.47. The second-order valence-electron chi connectivity index (χ2n) is 10.7. The van der Waals surface area contributed by atoms with E-state index in [0.29, 0.717) is 32.3 Å². The van der Waals surface area contributed by atoms with Gasteiger partial charge in [0.1, 0.15) is 13.2 Å². The van der Waals surface area contributed by atoms with Crippen molar-refractivity contribution in [1.82, 2.24) is 10.2 Å². The highest BCUT2D eigenvalue weighted by Crippen LogP contribution is 2.44. The third-order valence-corrected chi connectivity index (χ3v) is 8.20. The topological polar surface area (TPSA) is 77.1 Å². The van der Waals surface area contributed by atoms with Crippen LogP contribution in [0.3, 0.4) is 0 Å². The van der Waals surface area contributed by atoms with Crippen LogP contribution in [0.5, 0.6) is 0 Å². The molecule has 39 heavy (non-hydrogen) atoms. The molecule has 3 aromatic rings. The lowest BCUT2D eigenvalue weighted by atomic mass is 9.83. The predicted octanol–water partition coefficient (Wildman–Crippen LogP) is 5.73. The zero-order valence-electron chi connectivity index (χ0n) is 22.0. The minimum absolute atomic E-state index is 0.000211. The van der Waals surface area contributed by atoms with Crippen LogP contribution in [0.4, 0.5) is 9.59 Å². The van der Waals surface area contributed by atoms with E-state index in [1.54, 1.807) is 0 Å². The molecule has 0 saturated carbocycles. The van der Waals surface area contributed by atoms with Crippen LogP contribution in [0.2, 0.25) is 0 Å². The van der Waals surface area contributed by atoms with Gasteiger partial charge in [-0.25, -0.2) is 9.59 Å². The van der Waals surface area contributed by atoms with Gasteiger partial charge in [-0.05, 0) is 53.0 Å². The van der Waals surface area contributed by atoms with E-state index in [9.17, 15) is 9.59 Å². The van der Waals surface area contributed by atoms with Gasteiger partial charge in [-0.3, -0.25) is 4.90 Å². The van der Waals surface area contributed by atoms with Crippen molar-refractivity contribution in [2.24, 2.45) is 5.92 Å². The number of hydrogen-bond acceptors (Lipinski definition) is 5. The first kappa shape index (κ1) is 25.4. The molecule has 1 N–H and O–H groups in total. The Hall–Kier alpha value is -3.84. The molecule has 2 amide bonds. The summed E-state index contributed by atoms with van der Waals surface area (Å²) >= 11 is 0. The fraction of sp³-hybridized carbons (Fsp3) is 0.375. The largest absolute Gasteiger partial charge is 0.449 e. The van der Waals surface area contributed by atoms with Crippen molar-refractivity contribution in [3.63, 3.8) is 0 Å². The summed E-state index contributed by atoms with van der Waals surface area (Å²) < 4.78 is 17.1. The van der Waals surface area contributed by atoms with Crippen molar-refractivity contribution in [1.29, 1.82) is 0 Å². The third kappa shape index (κ3) is 5.50. The summed E-state index contributed by atoms with van der Waals surface area (Å²) in [6, 6.07) is 26.4. The molecule has 3 aliphatic rings. The first-order valence-electron chi connectivity index (χ1n) is 13.8. The molecule has 3 aromatic carbocycles. The van der Waals surface area contributed by atoms with Crippen molar-refractivity contribution in [3.8, 4) is 11.1 Å². The Labute approximate surface area is 229 Å². The number of ether oxygens (including phenoxy) is 3. The van der Waals surface area contributed by atoms with Crippen LogP contribution in [-0.4, -0.2) is 55.5 Å². The quantitative estimate of drug-likeness (QED) is 0.425. The second kappa shape index (κ2) is 11.5. The van der Waals surface area contributed by atoms with E-state index >= 15 is 0 Å². The zero-order chi connectivity index (χ0) is 26.6. The van der Waals surface area contributed by atoms with Gasteiger partial charge < -0.3 is 19.5 Å². The molecule has 6 rings (SSSR count).